The average molecular weight is 386 g/mol. The minimum atomic E-state index is 0.741. The van der Waals surface area contributed by atoms with Crippen molar-refractivity contribution in [1.29, 1.82) is 0 Å². The van der Waals surface area contributed by atoms with Crippen LogP contribution in [0.25, 0.3) is 0 Å². The van der Waals surface area contributed by atoms with Crippen LogP contribution < -0.4 is 14.4 Å². The lowest BCUT2D eigenvalue weighted by Gasteiger charge is -2.17. The number of methoxy groups -OCH3 is 2. The number of aliphatic imine (C=N–C) groups is 1. The summed E-state index contributed by atoms with van der Waals surface area (Å²) in [7, 11) is 3.29. The standard InChI is InChI=1S/C25H26N2O2/c1-17-11-20-15-27(16-21(20)12-18(17)2)23-8-6-22(7-9-23)26-14-19-5-10-24(28-3)13-25(19)29-4/h5-14H,15-16H2,1-4H3. The number of aryl methyl sites for hydroxylation is 2. The molecule has 0 saturated carbocycles. The number of anilines is 1. The summed E-state index contributed by atoms with van der Waals surface area (Å²) in [6.45, 7) is 6.29. The maximum absolute atomic E-state index is 5.43. The van der Waals surface area contributed by atoms with Gasteiger partial charge in [-0.2, -0.15) is 0 Å². The van der Waals surface area contributed by atoms with Gasteiger partial charge >= 0.3 is 0 Å². The van der Waals surface area contributed by atoms with Gasteiger partial charge in [0.1, 0.15) is 11.5 Å². The summed E-state index contributed by atoms with van der Waals surface area (Å²) in [6, 6.07) is 18.8. The molecule has 1 aliphatic rings. The molecule has 0 aliphatic carbocycles. The van der Waals surface area contributed by atoms with Crippen LogP contribution >= 0.6 is 0 Å². The summed E-state index contributed by atoms with van der Waals surface area (Å²) in [5.41, 5.74) is 8.64. The zero-order valence-corrected chi connectivity index (χ0v) is 17.4. The molecule has 0 amide bonds. The highest BCUT2D eigenvalue weighted by molar-refractivity contribution is 5.86. The molecule has 0 aromatic heterocycles. The topological polar surface area (TPSA) is 34.1 Å². The van der Waals surface area contributed by atoms with Gasteiger partial charge in [0.05, 0.1) is 19.9 Å². The molecular weight excluding hydrogens is 360 g/mol. The van der Waals surface area contributed by atoms with E-state index in [0.717, 1.165) is 35.8 Å². The zero-order valence-electron chi connectivity index (χ0n) is 17.4. The number of fused-ring (bicyclic) bond motifs is 1. The SMILES string of the molecule is COc1ccc(C=Nc2ccc(N3Cc4cc(C)c(C)cc4C3)cc2)c(OC)c1. The van der Waals surface area contributed by atoms with Gasteiger partial charge in [-0.25, -0.2) is 0 Å². The van der Waals surface area contributed by atoms with Gasteiger partial charge in [0.15, 0.2) is 0 Å². The number of benzene rings is 3. The molecule has 0 saturated heterocycles. The Morgan fingerprint density at radius 1 is 0.828 bits per heavy atom. The Morgan fingerprint density at radius 2 is 1.48 bits per heavy atom. The Labute approximate surface area is 172 Å². The van der Waals surface area contributed by atoms with E-state index in [1.807, 2.05) is 24.4 Å². The quantitative estimate of drug-likeness (QED) is 0.536. The molecule has 3 aromatic rings. The molecule has 148 valence electrons. The average Bonchev–Trinajstić information content (AvgIpc) is 3.15. The van der Waals surface area contributed by atoms with Crippen LogP contribution in [0, 0.1) is 13.8 Å². The first-order valence-corrected chi connectivity index (χ1v) is 9.77. The second kappa shape index (κ2) is 8.00. The van der Waals surface area contributed by atoms with Gasteiger partial charge in [0.25, 0.3) is 0 Å². The molecule has 0 atom stereocenters. The zero-order chi connectivity index (χ0) is 20.4. The summed E-state index contributed by atoms with van der Waals surface area (Å²) >= 11 is 0. The van der Waals surface area contributed by atoms with Crippen molar-refractivity contribution in [3.05, 3.63) is 82.4 Å². The van der Waals surface area contributed by atoms with Crippen LogP contribution in [-0.4, -0.2) is 20.4 Å². The van der Waals surface area contributed by atoms with Crippen LogP contribution in [0.4, 0.5) is 11.4 Å². The predicted octanol–water partition coefficient (Wildman–Crippen LogP) is 5.59. The van der Waals surface area contributed by atoms with Gasteiger partial charge < -0.3 is 14.4 Å². The van der Waals surface area contributed by atoms with Crippen LogP contribution in [0.1, 0.15) is 27.8 Å². The number of hydrogen-bond acceptors (Lipinski definition) is 4. The molecule has 0 spiro atoms. The number of ether oxygens (including phenoxy) is 2. The molecular formula is C25H26N2O2. The van der Waals surface area contributed by atoms with Crippen LogP contribution in [-0.2, 0) is 13.1 Å². The van der Waals surface area contributed by atoms with E-state index in [2.05, 4.69) is 60.1 Å². The summed E-state index contributed by atoms with van der Waals surface area (Å²) in [4.78, 5) is 7.01. The molecule has 0 fully saturated rings. The largest absolute Gasteiger partial charge is 0.497 e. The molecule has 4 rings (SSSR count). The first kappa shape index (κ1) is 19.1. The molecule has 0 N–H and O–H groups in total. The summed E-state index contributed by atoms with van der Waals surface area (Å²) in [6.07, 6.45) is 1.82. The Kier molecular flexibility index (Phi) is 5.26. The van der Waals surface area contributed by atoms with Gasteiger partial charge in [0, 0.05) is 36.6 Å². The highest BCUT2D eigenvalue weighted by Gasteiger charge is 2.19. The molecule has 1 heterocycles. The Hall–Kier alpha value is -3.27. The smallest absolute Gasteiger partial charge is 0.131 e. The number of rotatable bonds is 5. The molecule has 4 heteroatoms. The summed E-state index contributed by atoms with van der Waals surface area (Å²) < 4.78 is 10.7. The maximum Gasteiger partial charge on any atom is 0.131 e. The van der Waals surface area contributed by atoms with E-state index in [0.29, 0.717) is 0 Å². The van der Waals surface area contributed by atoms with Crippen LogP contribution in [0.3, 0.4) is 0 Å². The fraction of sp³-hybridized carbons (Fsp3) is 0.240. The predicted molar refractivity (Wildman–Crippen MR) is 119 cm³/mol. The highest BCUT2D eigenvalue weighted by Crippen LogP contribution is 2.31. The number of hydrogen-bond donors (Lipinski definition) is 0. The lowest BCUT2D eigenvalue weighted by Crippen LogP contribution is -2.13. The second-order valence-corrected chi connectivity index (χ2v) is 7.44. The van der Waals surface area contributed by atoms with E-state index in [1.54, 1.807) is 14.2 Å². The Balaban J connectivity index is 1.48. The van der Waals surface area contributed by atoms with E-state index in [-0.39, 0.29) is 0 Å². The molecule has 3 aromatic carbocycles. The minimum absolute atomic E-state index is 0.741. The van der Waals surface area contributed by atoms with Crippen molar-refractivity contribution in [2.45, 2.75) is 26.9 Å². The maximum atomic E-state index is 5.43. The van der Waals surface area contributed by atoms with Crippen molar-refractivity contribution in [1.82, 2.24) is 0 Å². The first-order valence-electron chi connectivity index (χ1n) is 9.77. The second-order valence-electron chi connectivity index (χ2n) is 7.44. The van der Waals surface area contributed by atoms with Gasteiger partial charge in [-0.05, 0) is 72.5 Å². The first-order chi connectivity index (χ1) is 14.1. The van der Waals surface area contributed by atoms with Crippen LogP contribution in [0.2, 0.25) is 0 Å². The normalized spacial score (nSPS) is 13.0. The molecule has 0 radical (unpaired) electrons. The minimum Gasteiger partial charge on any atom is -0.497 e. The number of nitrogens with zero attached hydrogens (tertiary/aromatic N) is 2. The monoisotopic (exact) mass is 386 g/mol. The van der Waals surface area contributed by atoms with E-state index >= 15 is 0 Å². The van der Waals surface area contributed by atoms with Gasteiger partial charge in [0.2, 0.25) is 0 Å². The molecule has 29 heavy (non-hydrogen) atoms. The molecule has 4 nitrogen and oxygen atoms in total. The van der Waals surface area contributed by atoms with E-state index in [4.69, 9.17) is 9.47 Å². The molecule has 1 aliphatic heterocycles. The van der Waals surface area contributed by atoms with Crippen molar-refractivity contribution < 1.29 is 9.47 Å². The Bertz CT molecular complexity index is 1020. The molecule has 0 unspecified atom stereocenters. The molecule has 0 bridgehead atoms. The third-order valence-electron chi connectivity index (χ3n) is 5.55. The summed E-state index contributed by atoms with van der Waals surface area (Å²) in [5.74, 6) is 1.51. The fourth-order valence-corrected chi connectivity index (χ4v) is 3.70. The van der Waals surface area contributed by atoms with E-state index in [1.165, 1.54) is 27.9 Å². The van der Waals surface area contributed by atoms with Gasteiger partial charge in [-0.3, -0.25) is 4.99 Å². The van der Waals surface area contributed by atoms with Crippen molar-refractivity contribution >= 4 is 17.6 Å². The van der Waals surface area contributed by atoms with Gasteiger partial charge in [-0.1, -0.05) is 12.1 Å². The van der Waals surface area contributed by atoms with Crippen LogP contribution in [0.15, 0.2) is 59.6 Å². The van der Waals surface area contributed by atoms with Crippen molar-refractivity contribution in [3.63, 3.8) is 0 Å². The van der Waals surface area contributed by atoms with Crippen molar-refractivity contribution in [2.75, 3.05) is 19.1 Å². The van der Waals surface area contributed by atoms with Crippen LogP contribution in [0.5, 0.6) is 11.5 Å². The fourth-order valence-electron chi connectivity index (χ4n) is 3.70. The summed E-state index contributed by atoms with van der Waals surface area (Å²) in [5, 5.41) is 0. The Morgan fingerprint density at radius 3 is 2.07 bits per heavy atom. The lowest BCUT2D eigenvalue weighted by atomic mass is 10.0. The van der Waals surface area contributed by atoms with Crippen molar-refractivity contribution in [2.24, 2.45) is 4.99 Å². The lowest BCUT2D eigenvalue weighted by molar-refractivity contribution is 0.394. The third-order valence-corrected chi connectivity index (χ3v) is 5.55. The third kappa shape index (κ3) is 3.97. The van der Waals surface area contributed by atoms with Crippen molar-refractivity contribution in [3.8, 4) is 11.5 Å². The highest BCUT2D eigenvalue weighted by atomic mass is 16.5. The van der Waals surface area contributed by atoms with E-state index < -0.39 is 0 Å². The van der Waals surface area contributed by atoms with Gasteiger partial charge in [-0.15, -0.1) is 0 Å². The van der Waals surface area contributed by atoms with E-state index in [9.17, 15) is 0 Å².